The Balaban J connectivity index is 1.97. The number of rotatable bonds is 1. The van der Waals surface area contributed by atoms with Gasteiger partial charge in [0.05, 0.1) is 0 Å². The monoisotopic (exact) mass is 235 g/mol. The highest BCUT2D eigenvalue weighted by molar-refractivity contribution is 6.31. The van der Waals surface area contributed by atoms with Crippen molar-refractivity contribution < 1.29 is 0 Å². The summed E-state index contributed by atoms with van der Waals surface area (Å²) in [5.74, 6) is 0.628. The number of nitrogens with one attached hydrogen (secondary N) is 1. The van der Waals surface area contributed by atoms with E-state index in [1.165, 1.54) is 37.8 Å². The number of halogens is 1. The molecule has 16 heavy (non-hydrogen) atoms. The van der Waals surface area contributed by atoms with Gasteiger partial charge in [-0.15, -0.1) is 0 Å². The van der Waals surface area contributed by atoms with Crippen molar-refractivity contribution in [2.24, 2.45) is 5.41 Å². The quantitative estimate of drug-likeness (QED) is 0.785. The molecule has 1 spiro atoms. The van der Waals surface area contributed by atoms with Gasteiger partial charge in [-0.3, -0.25) is 0 Å². The van der Waals surface area contributed by atoms with Gasteiger partial charge in [-0.25, -0.2) is 0 Å². The fourth-order valence-electron chi connectivity index (χ4n) is 3.61. The summed E-state index contributed by atoms with van der Waals surface area (Å²) in [7, 11) is 0. The van der Waals surface area contributed by atoms with Gasteiger partial charge in [0.25, 0.3) is 0 Å². The number of benzene rings is 1. The summed E-state index contributed by atoms with van der Waals surface area (Å²) in [5.41, 5.74) is 1.86. The molecule has 0 bridgehead atoms. The average molecular weight is 236 g/mol. The van der Waals surface area contributed by atoms with E-state index >= 15 is 0 Å². The van der Waals surface area contributed by atoms with Crippen LogP contribution >= 0.6 is 11.6 Å². The summed E-state index contributed by atoms with van der Waals surface area (Å²) in [6.07, 6.45) is 5.52. The minimum atomic E-state index is 0.505. The Morgan fingerprint density at radius 3 is 2.69 bits per heavy atom. The van der Waals surface area contributed by atoms with E-state index in [1.54, 1.807) is 0 Å². The summed E-state index contributed by atoms with van der Waals surface area (Å²) in [5, 5.41) is 4.52. The van der Waals surface area contributed by atoms with Crippen molar-refractivity contribution in [2.75, 3.05) is 13.1 Å². The molecule has 0 amide bonds. The van der Waals surface area contributed by atoms with Crippen molar-refractivity contribution in [2.45, 2.75) is 31.6 Å². The van der Waals surface area contributed by atoms with Gasteiger partial charge in [0.2, 0.25) is 0 Å². The van der Waals surface area contributed by atoms with Gasteiger partial charge in [-0.05, 0) is 29.9 Å². The summed E-state index contributed by atoms with van der Waals surface area (Å²) < 4.78 is 0. The van der Waals surface area contributed by atoms with E-state index in [-0.39, 0.29) is 0 Å². The lowest BCUT2D eigenvalue weighted by Gasteiger charge is -2.30. The van der Waals surface area contributed by atoms with Crippen LogP contribution in [0.4, 0.5) is 0 Å². The second kappa shape index (κ2) is 4.05. The molecule has 1 saturated carbocycles. The van der Waals surface area contributed by atoms with Gasteiger partial charge in [-0.1, -0.05) is 42.6 Å². The van der Waals surface area contributed by atoms with Crippen LogP contribution in [0.2, 0.25) is 5.02 Å². The number of hydrogen-bond donors (Lipinski definition) is 1. The lowest BCUT2D eigenvalue weighted by Crippen LogP contribution is -2.25. The Kier molecular flexibility index (Phi) is 2.68. The van der Waals surface area contributed by atoms with Gasteiger partial charge in [-0.2, -0.15) is 0 Å². The zero-order valence-corrected chi connectivity index (χ0v) is 10.3. The summed E-state index contributed by atoms with van der Waals surface area (Å²) >= 11 is 6.34. The van der Waals surface area contributed by atoms with Crippen LogP contribution < -0.4 is 5.32 Å². The van der Waals surface area contributed by atoms with E-state index in [0.29, 0.717) is 11.3 Å². The first-order valence-electron chi connectivity index (χ1n) is 6.27. The fraction of sp³-hybridized carbons (Fsp3) is 0.571. The Labute approximate surface area is 102 Å². The molecule has 86 valence electrons. The first-order chi connectivity index (χ1) is 7.82. The third-order valence-corrected chi connectivity index (χ3v) is 4.79. The average Bonchev–Trinajstić information content (AvgIpc) is 2.91. The van der Waals surface area contributed by atoms with Crippen LogP contribution in [0.25, 0.3) is 0 Å². The second-order valence-corrected chi connectivity index (χ2v) is 5.68. The van der Waals surface area contributed by atoms with E-state index in [0.717, 1.165) is 11.6 Å². The molecule has 1 N–H and O–H groups in total. The standard InChI is InChI=1S/C14H18ClN/c15-13-6-2-1-5-11(13)12-9-16-10-14(12)7-3-4-8-14/h1-2,5-6,12,16H,3-4,7-10H2/t12-/m0/s1. The van der Waals surface area contributed by atoms with Gasteiger partial charge >= 0.3 is 0 Å². The highest BCUT2D eigenvalue weighted by Crippen LogP contribution is 2.51. The predicted molar refractivity (Wildman–Crippen MR) is 68.0 cm³/mol. The van der Waals surface area contributed by atoms with E-state index in [4.69, 9.17) is 11.6 Å². The topological polar surface area (TPSA) is 12.0 Å². The Bertz CT molecular complexity index is 377. The molecule has 1 heterocycles. The minimum Gasteiger partial charge on any atom is -0.316 e. The molecule has 2 fully saturated rings. The van der Waals surface area contributed by atoms with Crippen molar-refractivity contribution in [3.63, 3.8) is 0 Å². The molecule has 1 aromatic carbocycles. The third kappa shape index (κ3) is 1.57. The summed E-state index contributed by atoms with van der Waals surface area (Å²) in [6.45, 7) is 2.28. The molecule has 0 radical (unpaired) electrons. The fourth-order valence-corrected chi connectivity index (χ4v) is 3.87. The second-order valence-electron chi connectivity index (χ2n) is 5.27. The van der Waals surface area contributed by atoms with Gasteiger partial charge in [0.15, 0.2) is 0 Å². The van der Waals surface area contributed by atoms with Crippen LogP contribution in [0.1, 0.15) is 37.2 Å². The zero-order chi connectivity index (χ0) is 11.0. The zero-order valence-electron chi connectivity index (χ0n) is 9.51. The molecule has 1 aromatic rings. The molecule has 1 atom stereocenters. The molecule has 2 heteroatoms. The van der Waals surface area contributed by atoms with Gasteiger partial charge in [0.1, 0.15) is 0 Å². The molecule has 0 unspecified atom stereocenters. The van der Waals surface area contributed by atoms with Crippen LogP contribution in [0.3, 0.4) is 0 Å². The van der Waals surface area contributed by atoms with Crippen LogP contribution in [0.15, 0.2) is 24.3 Å². The van der Waals surface area contributed by atoms with Crippen molar-refractivity contribution in [3.05, 3.63) is 34.9 Å². The van der Waals surface area contributed by atoms with Crippen molar-refractivity contribution in [1.29, 1.82) is 0 Å². The SMILES string of the molecule is Clc1ccccc1[C@@H]1CNCC12CCCC2. The maximum atomic E-state index is 6.34. The van der Waals surface area contributed by atoms with Crippen LogP contribution in [0.5, 0.6) is 0 Å². The van der Waals surface area contributed by atoms with E-state index in [9.17, 15) is 0 Å². The molecule has 1 nitrogen and oxygen atoms in total. The lowest BCUT2D eigenvalue weighted by molar-refractivity contribution is 0.295. The highest BCUT2D eigenvalue weighted by atomic mass is 35.5. The van der Waals surface area contributed by atoms with Gasteiger partial charge < -0.3 is 5.32 Å². The van der Waals surface area contributed by atoms with E-state index < -0.39 is 0 Å². The maximum Gasteiger partial charge on any atom is 0.0441 e. The molecule has 1 aliphatic heterocycles. The smallest absolute Gasteiger partial charge is 0.0441 e. The Morgan fingerprint density at radius 2 is 1.94 bits per heavy atom. The first-order valence-corrected chi connectivity index (χ1v) is 6.65. The molecule has 0 aromatic heterocycles. The molecular weight excluding hydrogens is 218 g/mol. The van der Waals surface area contributed by atoms with Crippen LogP contribution in [-0.4, -0.2) is 13.1 Å². The molecular formula is C14H18ClN. The Morgan fingerprint density at radius 1 is 1.19 bits per heavy atom. The van der Waals surface area contributed by atoms with Crippen molar-refractivity contribution in [3.8, 4) is 0 Å². The normalized spacial score (nSPS) is 27.7. The van der Waals surface area contributed by atoms with Crippen molar-refractivity contribution in [1.82, 2.24) is 5.32 Å². The van der Waals surface area contributed by atoms with Crippen molar-refractivity contribution >= 4 is 11.6 Å². The minimum absolute atomic E-state index is 0.505. The molecule has 2 aliphatic rings. The molecule has 1 aliphatic carbocycles. The molecule has 3 rings (SSSR count). The first kappa shape index (κ1) is 10.6. The largest absolute Gasteiger partial charge is 0.316 e. The summed E-state index contributed by atoms with van der Waals surface area (Å²) in [6, 6.07) is 8.37. The predicted octanol–water partition coefficient (Wildman–Crippen LogP) is 3.59. The van der Waals surface area contributed by atoms with Crippen LogP contribution in [-0.2, 0) is 0 Å². The van der Waals surface area contributed by atoms with E-state index in [2.05, 4.69) is 17.4 Å². The molecule has 1 saturated heterocycles. The maximum absolute atomic E-state index is 6.34. The highest BCUT2D eigenvalue weighted by Gasteiger charge is 2.45. The third-order valence-electron chi connectivity index (χ3n) is 4.44. The van der Waals surface area contributed by atoms with Crippen LogP contribution in [0, 0.1) is 5.41 Å². The Hall–Kier alpha value is -0.530. The van der Waals surface area contributed by atoms with E-state index in [1.807, 2.05) is 12.1 Å². The number of hydrogen-bond acceptors (Lipinski definition) is 1. The van der Waals surface area contributed by atoms with Gasteiger partial charge in [0, 0.05) is 24.0 Å². The lowest BCUT2D eigenvalue weighted by atomic mass is 9.73. The summed E-state index contributed by atoms with van der Waals surface area (Å²) in [4.78, 5) is 0.